The predicted octanol–water partition coefficient (Wildman–Crippen LogP) is 3.58. The molecule has 0 bridgehead atoms. The van der Waals surface area contributed by atoms with Gasteiger partial charge in [-0.05, 0) is 24.1 Å². The summed E-state index contributed by atoms with van der Waals surface area (Å²) in [6, 6.07) is 11.0. The standard InChI is InChI=1S/C13H19O/c1-2-3-4-8-11-14-12-13-9-6-5-7-10-13/h5-6,9-10H,2-4,8,11-12H2,1H3. The van der Waals surface area contributed by atoms with Crippen LogP contribution < -0.4 is 0 Å². The van der Waals surface area contributed by atoms with E-state index in [0.717, 1.165) is 13.2 Å². The van der Waals surface area contributed by atoms with E-state index in [1.54, 1.807) is 0 Å². The van der Waals surface area contributed by atoms with Crippen LogP contribution in [0.5, 0.6) is 0 Å². The Morgan fingerprint density at radius 1 is 1.29 bits per heavy atom. The van der Waals surface area contributed by atoms with Crippen LogP contribution >= 0.6 is 0 Å². The highest BCUT2D eigenvalue weighted by Crippen LogP contribution is 2.03. The first-order valence-corrected chi connectivity index (χ1v) is 5.46. The topological polar surface area (TPSA) is 9.23 Å². The van der Waals surface area contributed by atoms with E-state index in [0.29, 0.717) is 0 Å². The van der Waals surface area contributed by atoms with Crippen molar-refractivity contribution >= 4 is 0 Å². The maximum absolute atomic E-state index is 5.55. The molecule has 0 fully saturated rings. The minimum atomic E-state index is 0.726. The molecule has 0 aliphatic rings. The van der Waals surface area contributed by atoms with Crippen LogP contribution in [-0.2, 0) is 11.3 Å². The van der Waals surface area contributed by atoms with Crippen molar-refractivity contribution in [1.29, 1.82) is 0 Å². The zero-order chi connectivity index (χ0) is 10.1. The Balaban J connectivity index is 1.99. The highest BCUT2D eigenvalue weighted by atomic mass is 16.5. The van der Waals surface area contributed by atoms with Crippen LogP contribution in [0.4, 0.5) is 0 Å². The molecule has 0 amide bonds. The molecular formula is C13H19O. The Morgan fingerprint density at radius 2 is 2.21 bits per heavy atom. The van der Waals surface area contributed by atoms with Gasteiger partial charge in [-0.2, -0.15) is 0 Å². The molecule has 1 aromatic rings. The molecule has 0 aromatic heterocycles. The Hall–Kier alpha value is -0.820. The van der Waals surface area contributed by atoms with E-state index >= 15 is 0 Å². The quantitative estimate of drug-likeness (QED) is 0.598. The van der Waals surface area contributed by atoms with E-state index in [2.05, 4.69) is 19.1 Å². The average Bonchev–Trinajstić information content (AvgIpc) is 2.25. The highest BCUT2D eigenvalue weighted by Gasteiger charge is 1.91. The van der Waals surface area contributed by atoms with Gasteiger partial charge in [0.25, 0.3) is 0 Å². The van der Waals surface area contributed by atoms with Crippen LogP contribution in [0.2, 0.25) is 0 Å². The second kappa shape index (κ2) is 7.57. The predicted molar refractivity (Wildman–Crippen MR) is 59.1 cm³/mol. The van der Waals surface area contributed by atoms with Crippen LogP contribution in [0.1, 0.15) is 38.2 Å². The van der Waals surface area contributed by atoms with Crippen molar-refractivity contribution in [3.05, 3.63) is 35.9 Å². The molecule has 0 saturated carbocycles. The third-order valence-corrected chi connectivity index (χ3v) is 2.18. The number of ether oxygens (including phenoxy) is 1. The molecule has 0 spiro atoms. The SMILES string of the molecule is CCCCCCOCc1c[c]ccc1. The Kier molecular flexibility index (Phi) is 6.09. The first-order valence-electron chi connectivity index (χ1n) is 5.46. The van der Waals surface area contributed by atoms with Crippen molar-refractivity contribution < 1.29 is 4.74 Å². The van der Waals surface area contributed by atoms with Crippen LogP contribution in [0.15, 0.2) is 24.3 Å². The lowest BCUT2D eigenvalue weighted by Gasteiger charge is -2.03. The Bertz CT molecular complexity index is 218. The second-order valence-electron chi connectivity index (χ2n) is 3.52. The first kappa shape index (κ1) is 11.3. The van der Waals surface area contributed by atoms with Crippen LogP contribution in [0.3, 0.4) is 0 Å². The molecule has 0 aliphatic heterocycles. The lowest BCUT2D eigenvalue weighted by atomic mass is 10.2. The fourth-order valence-corrected chi connectivity index (χ4v) is 1.34. The summed E-state index contributed by atoms with van der Waals surface area (Å²) in [5, 5.41) is 0. The van der Waals surface area contributed by atoms with E-state index < -0.39 is 0 Å². The Labute approximate surface area is 87.1 Å². The summed E-state index contributed by atoms with van der Waals surface area (Å²) in [5.74, 6) is 0. The molecule has 0 unspecified atom stereocenters. The third kappa shape index (κ3) is 5.03. The first-order chi connectivity index (χ1) is 6.93. The maximum atomic E-state index is 5.55. The minimum absolute atomic E-state index is 0.726. The summed E-state index contributed by atoms with van der Waals surface area (Å²) < 4.78 is 5.55. The van der Waals surface area contributed by atoms with Crippen LogP contribution in [0, 0.1) is 6.07 Å². The molecule has 0 saturated heterocycles. The van der Waals surface area contributed by atoms with Crippen LogP contribution in [-0.4, -0.2) is 6.61 Å². The molecule has 1 aromatic carbocycles. The van der Waals surface area contributed by atoms with Gasteiger partial charge in [-0.3, -0.25) is 0 Å². The monoisotopic (exact) mass is 191 g/mol. The zero-order valence-electron chi connectivity index (χ0n) is 8.96. The smallest absolute Gasteiger partial charge is 0.0717 e. The van der Waals surface area contributed by atoms with Crippen molar-refractivity contribution in [2.24, 2.45) is 0 Å². The number of rotatable bonds is 7. The third-order valence-electron chi connectivity index (χ3n) is 2.18. The summed E-state index contributed by atoms with van der Waals surface area (Å²) in [4.78, 5) is 0. The number of unbranched alkanes of at least 4 members (excludes halogenated alkanes) is 3. The molecule has 0 aliphatic carbocycles. The summed E-state index contributed by atoms with van der Waals surface area (Å²) in [7, 11) is 0. The summed E-state index contributed by atoms with van der Waals surface area (Å²) in [6.45, 7) is 3.83. The van der Waals surface area contributed by atoms with Crippen molar-refractivity contribution in [3.8, 4) is 0 Å². The number of hydrogen-bond acceptors (Lipinski definition) is 1. The molecule has 0 atom stereocenters. The molecule has 0 N–H and O–H groups in total. The molecule has 1 heteroatoms. The lowest BCUT2D eigenvalue weighted by Crippen LogP contribution is -1.95. The highest BCUT2D eigenvalue weighted by molar-refractivity contribution is 5.12. The average molecular weight is 191 g/mol. The second-order valence-corrected chi connectivity index (χ2v) is 3.52. The van der Waals surface area contributed by atoms with E-state index in [1.165, 1.54) is 31.2 Å². The largest absolute Gasteiger partial charge is 0.377 e. The number of benzene rings is 1. The normalized spacial score (nSPS) is 10.4. The van der Waals surface area contributed by atoms with Gasteiger partial charge in [0.05, 0.1) is 6.61 Å². The van der Waals surface area contributed by atoms with Gasteiger partial charge in [0.2, 0.25) is 0 Å². The van der Waals surface area contributed by atoms with Crippen molar-refractivity contribution in [3.63, 3.8) is 0 Å². The molecule has 1 rings (SSSR count). The molecule has 0 heterocycles. The van der Waals surface area contributed by atoms with E-state index in [9.17, 15) is 0 Å². The van der Waals surface area contributed by atoms with Gasteiger partial charge in [-0.15, -0.1) is 0 Å². The molecular weight excluding hydrogens is 172 g/mol. The zero-order valence-corrected chi connectivity index (χ0v) is 8.96. The van der Waals surface area contributed by atoms with Gasteiger partial charge in [-0.25, -0.2) is 0 Å². The van der Waals surface area contributed by atoms with Gasteiger partial charge in [0.1, 0.15) is 0 Å². The van der Waals surface area contributed by atoms with Crippen LogP contribution in [0.25, 0.3) is 0 Å². The number of hydrogen-bond donors (Lipinski definition) is 0. The van der Waals surface area contributed by atoms with Crippen molar-refractivity contribution in [1.82, 2.24) is 0 Å². The summed E-state index contributed by atoms with van der Waals surface area (Å²) in [5.41, 5.74) is 1.21. The van der Waals surface area contributed by atoms with Gasteiger partial charge >= 0.3 is 0 Å². The van der Waals surface area contributed by atoms with E-state index in [4.69, 9.17) is 4.74 Å². The van der Waals surface area contributed by atoms with Gasteiger partial charge in [-0.1, -0.05) is 44.4 Å². The van der Waals surface area contributed by atoms with Crippen molar-refractivity contribution in [2.45, 2.75) is 39.2 Å². The molecule has 77 valence electrons. The fourth-order valence-electron chi connectivity index (χ4n) is 1.34. The fraction of sp³-hybridized carbons (Fsp3) is 0.538. The molecule has 1 radical (unpaired) electrons. The Morgan fingerprint density at radius 3 is 2.93 bits per heavy atom. The minimum Gasteiger partial charge on any atom is -0.377 e. The molecule has 14 heavy (non-hydrogen) atoms. The molecule has 1 nitrogen and oxygen atoms in total. The van der Waals surface area contributed by atoms with E-state index in [1.807, 2.05) is 18.2 Å². The van der Waals surface area contributed by atoms with Gasteiger partial charge in [0.15, 0.2) is 0 Å². The summed E-state index contributed by atoms with van der Waals surface area (Å²) in [6.07, 6.45) is 5.08. The maximum Gasteiger partial charge on any atom is 0.0717 e. The lowest BCUT2D eigenvalue weighted by molar-refractivity contribution is 0.117. The van der Waals surface area contributed by atoms with E-state index in [-0.39, 0.29) is 0 Å². The van der Waals surface area contributed by atoms with Crippen molar-refractivity contribution in [2.75, 3.05) is 6.61 Å². The van der Waals surface area contributed by atoms with Gasteiger partial charge in [0, 0.05) is 6.61 Å². The summed E-state index contributed by atoms with van der Waals surface area (Å²) >= 11 is 0. The van der Waals surface area contributed by atoms with Gasteiger partial charge < -0.3 is 4.74 Å².